The Bertz CT molecular complexity index is 2500. The van der Waals surface area contributed by atoms with Gasteiger partial charge in [0.1, 0.15) is 17.8 Å². The molecule has 5 aromatic rings. The Morgan fingerprint density at radius 1 is 0.873 bits per heavy atom. The van der Waals surface area contributed by atoms with Crippen LogP contribution in [0.25, 0.3) is 11.2 Å². The van der Waals surface area contributed by atoms with Gasteiger partial charge in [-0.25, -0.2) is 19.9 Å². The number of anilines is 3. The van der Waals surface area contributed by atoms with Gasteiger partial charge in [0, 0.05) is 80.9 Å². The van der Waals surface area contributed by atoms with E-state index in [9.17, 15) is 19.2 Å². The number of rotatable bonds is 11. The smallest absolute Gasteiger partial charge is 0.270 e. The van der Waals surface area contributed by atoms with Gasteiger partial charge in [-0.1, -0.05) is 18.2 Å². The molecule has 3 N–H and O–H groups in total. The Labute approximate surface area is 365 Å². The number of carbonyl (C=O) groups is 4. The summed E-state index contributed by atoms with van der Waals surface area (Å²) in [6.07, 6.45) is 10.3. The topological polar surface area (TPSA) is 180 Å². The highest BCUT2D eigenvalue weighted by Gasteiger charge is 2.48. The number of amides is 4. The first-order valence-electron chi connectivity index (χ1n) is 22.3. The molecule has 5 fully saturated rings. The number of pyridine rings is 1. The van der Waals surface area contributed by atoms with Crippen molar-refractivity contribution < 1.29 is 23.9 Å². The quantitative estimate of drug-likeness (QED) is 0.153. The average molecular weight is 852 g/mol. The van der Waals surface area contributed by atoms with E-state index in [1.807, 2.05) is 42.4 Å². The monoisotopic (exact) mass is 851 g/mol. The van der Waals surface area contributed by atoms with Gasteiger partial charge in [0.25, 0.3) is 11.8 Å². The molecular formula is C47H53N11O5. The number of aromatic nitrogens is 5. The van der Waals surface area contributed by atoms with E-state index in [0.717, 1.165) is 87.5 Å². The summed E-state index contributed by atoms with van der Waals surface area (Å²) in [5.41, 5.74) is 6.06. The predicted molar refractivity (Wildman–Crippen MR) is 236 cm³/mol. The van der Waals surface area contributed by atoms with E-state index in [2.05, 4.69) is 74.5 Å². The largest absolute Gasteiger partial charge is 0.484 e. The van der Waals surface area contributed by atoms with Gasteiger partial charge >= 0.3 is 0 Å². The zero-order chi connectivity index (χ0) is 43.1. The molecule has 326 valence electrons. The second kappa shape index (κ2) is 17.0. The summed E-state index contributed by atoms with van der Waals surface area (Å²) in [4.78, 5) is 74.6. The summed E-state index contributed by atoms with van der Waals surface area (Å²) < 4.78 is 7.92. The van der Waals surface area contributed by atoms with Crippen molar-refractivity contribution in [1.29, 1.82) is 0 Å². The number of likely N-dealkylation sites (tertiary alicyclic amines) is 1. The molecule has 6 heterocycles. The maximum atomic E-state index is 13.1. The van der Waals surface area contributed by atoms with Crippen molar-refractivity contribution in [3.63, 3.8) is 0 Å². The number of imidazole rings is 1. The highest BCUT2D eigenvalue weighted by atomic mass is 16.5. The Hall–Kier alpha value is -6.42. The Morgan fingerprint density at radius 2 is 1.63 bits per heavy atom. The molecule has 1 atom stereocenters. The Balaban J connectivity index is 0.644. The first-order valence-corrected chi connectivity index (χ1v) is 22.3. The molecule has 2 aliphatic carbocycles. The lowest BCUT2D eigenvalue weighted by atomic mass is 9.60. The third-order valence-corrected chi connectivity index (χ3v) is 14.0. The van der Waals surface area contributed by atoms with E-state index >= 15 is 0 Å². The zero-order valence-corrected chi connectivity index (χ0v) is 35.5. The van der Waals surface area contributed by atoms with Crippen LogP contribution in [0.5, 0.6) is 5.75 Å². The first-order chi connectivity index (χ1) is 30.6. The summed E-state index contributed by atoms with van der Waals surface area (Å²) in [7, 11) is 0. The molecule has 4 amide bonds. The fourth-order valence-corrected chi connectivity index (χ4v) is 10.2. The van der Waals surface area contributed by atoms with Crippen LogP contribution in [0.1, 0.15) is 85.1 Å². The number of hydrogen-bond acceptors (Lipinski definition) is 12. The lowest BCUT2D eigenvalue weighted by Gasteiger charge is -2.56. The number of carbonyl (C=O) groups excluding carboxylic acids is 4. The van der Waals surface area contributed by atoms with Gasteiger partial charge in [0.2, 0.25) is 11.8 Å². The molecule has 0 unspecified atom stereocenters. The van der Waals surface area contributed by atoms with Gasteiger partial charge in [0.15, 0.2) is 23.6 Å². The molecule has 3 aliphatic heterocycles. The minimum absolute atomic E-state index is 0.00495. The van der Waals surface area contributed by atoms with Crippen molar-refractivity contribution in [2.24, 2.45) is 5.41 Å². The number of nitrogens with zero attached hydrogens (tertiary/aromatic N) is 8. The number of ether oxygens (including phenoxy) is 1. The number of fused-ring (bicyclic) bond motifs is 1. The van der Waals surface area contributed by atoms with Gasteiger partial charge in [-0.3, -0.25) is 29.4 Å². The van der Waals surface area contributed by atoms with E-state index < -0.39 is 0 Å². The summed E-state index contributed by atoms with van der Waals surface area (Å²) in [6.45, 7) is 7.45. The van der Waals surface area contributed by atoms with E-state index in [1.54, 1.807) is 24.5 Å². The number of aryl methyl sites for hydroxylation is 1. The van der Waals surface area contributed by atoms with Gasteiger partial charge in [-0.15, -0.1) is 0 Å². The predicted octanol–water partition coefficient (Wildman–Crippen LogP) is 4.90. The number of nitrogens with one attached hydrogen (secondary N) is 3. The minimum Gasteiger partial charge on any atom is -0.484 e. The van der Waals surface area contributed by atoms with Crippen LogP contribution in [0.2, 0.25) is 0 Å². The van der Waals surface area contributed by atoms with Crippen LogP contribution >= 0.6 is 0 Å². The molecule has 2 saturated carbocycles. The van der Waals surface area contributed by atoms with Crippen molar-refractivity contribution in [2.45, 2.75) is 82.3 Å². The van der Waals surface area contributed by atoms with E-state index in [-0.39, 0.29) is 48.2 Å². The third-order valence-electron chi connectivity index (χ3n) is 14.0. The minimum atomic E-state index is -0.340. The molecule has 5 aliphatic rings. The van der Waals surface area contributed by atoms with E-state index in [1.165, 1.54) is 18.5 Å². The van der Waals surface area contributed by atoms with Crippen molar-refractivity contribution in [3.05, 3.63) is 96.3 Å². The van der Waals surface area contributed by atoms with Gasteiger partial charge in [-0.05, 0) is 111 Å². The Morgan fingerprint density at radius 3 is 2.37 bits per heavy atom. The second-order valence-corrected chi connectivity index (χ2v) is 18.0. The molecule has 10 rings (SSSR count). The highest BCUT2D eigenvalue weighted by Crippen LogP contribution is 2.51. The van der Waals surface area contributed by atoms with Crippen LogP contribution in [-0.2, 0) is 14.4 Å². The van der Waals surface area contributed by atoms with Crippen LogP contribution in [0.4, 0.5) is 17.2 Å². The fraction of sp³-hybridized carbons (Fsp3) is 0.447. The molecule has 1 spiro atoms. The lowest BCUT2D eigenvalue weighted by molar-refractivity contribution is -0.138. The van der Waals surface area contributed by atoms with Crippen LogP contribution in [0.3, 0.4) is 0 Å². The number of imide groups is 1. The molecule has 0 radical (unpaired) electrons. The molecule has 16 nitrogen and oxygen atoms in total. The van der Waals surface area contributed by atoms with Gasteiger partial charge in [-0.2, -0.15) is 0 Å². The maximum Gasteiger partial charge on any atom is 0.270 e. The van der Waals surface area contributed by atoms with Gasteiger partial charge in [0.05, 0.1) is 12.2 Å². The molecular weight excluding hydrogens is 799 g/mol. The lowest BCUT2D eigenvalue weighted by Crippen LogP contribution is -2.59. The normalized spacial score (nSPS) is 22.6. The van der Waals surface area contributed by atoms with Crippen LogP contribution in [-0.4, -0.2) is 116 Å². The van der Waals surface area contributed by atoms with Crippen molar-refractivity contribution in [1.82, 2.24) is 44.9 Å². The fourth-order valence-electron chi connectivity index (χ4n) is 10.2. The Kier molecular flexibility index (Phi) is 11.0. The first kappa shape index (κ1) is 40.6. The van der Waals surface area contributed by atoms with Crippen LogP contribution < -0.4 is 25.6 Å². The summed E-state index contributed by atoms with van der Waals surface area (Å²) >= 11 is 0. The molecule has 63 heavy (non-hydrogen) atoms. The summed E-state index contributed by atoms with van der Waals surface area (Å²) in [5.74, 6) is 0.284. The van der Waals surface area contributed by atoms with Crippen LogP contribution in [0.15, 0.2) is 79.4 Å². The SMILES string of the molecule is Cc1cccc(C(=O)NC2CC(n3cnc4c(Nc5ccc(N6CCN(C7CC8(CCN(C(=O)COc9ccc([C@@H]%10CCC(=O)NC%10=O)cc9)CC8)C7)CC6)cc5)ncnc43)C2)n1. The van der Waals surface area contributed by atoms with E-state index in [0.29, 0.717) is 47.1 Å². The van der Waals surface area contributed by atoms with Crippen molar-refractivity contribution >= 4 is 52.0 Å². The van der Waals surface area contributed by atoms with Crippen molar-refractivity contribution in [3.8, 4) is 5.75 Å². The van der Waals surface area contributed by atoms with E-state index in [4.69, 9.17) is 4.74 Å². The number of piperazine rings is 1. The highest BCUT2D eigenvalue weighted by molar-refractivity contribution is 6.01. The average Bonchev–Trinajstić information content (AvgIpc) is 3.71. The second-order valence-electron chi connectivity index (χ2n) is 18.0. The number of piperidine rings is 2. The molecule has 16 heteroatoms. The van der Waals surface area contributed by atoms with Crippen molar-refractivity contribution in [2.75, 3.05) is 56.1 Å². The maximum absolute atomic E-state index is 13.1. The summed E-state index contributed by atoms with van der Waals surface area (Å²) in [6, 6.07) is 22.1. The third kappa shape index (κ3) is 8.55. The molecule has 0 bridgehead atoms. The summed E-state index contributed by atoms with van der Waals surface area (Å²) in [5, 5.41) is 8.97. The standard InChI is InChI=1S/C47H53N11O5/c1-30-3-2-4-39(51-30)46(62)53-33-23-35(24-33)58-29-50-42-43(48-28-49-44(42)58)52-32-7-9-34(10-8-32)55-19-21-56(22-20-55)36-25-47(26-36)15-17-57(18-16-47)41(60)27-63-37-11-5-31(6-12-37)38-13-14-40(59)54-45(38)61/h2-12,28-29,33,35-36,38H,13-27H2,1H3,(H,53,62)(H,48,49,52)(H,54,59,61)/t33?,35?,38-/m0/s1. The zero-order valence-electron chi connectivity index (χ0n) is 35.5. The molecule has 2 aromatic carbocycles. The molecule has 3 aromatic heterocycles. The number of hydrogen-bond donors (Lipinski definition) is 3. The van der Waals surface area contributed by atoms with Gasteiger partial charge < -0.3 is 29.7 Å². The van der Waals surface area contributed by atoms with Crippen LogP contribution in [0, 0.1) is 12.3 Å². The molecule has 3 saturated heterocycles. The number of benzene rings is 2.